The van der Waals surface area contributed by atoms with Gasteiger partial charge in [0.25, 0.3) is 6.43 Å². The first-order valence-corrected chi connectivity index (χ1v) is 4.31. The van der Waals surface area contributed by atoms with Crippen molar-refractivity contribution in [3.63, 3.8) is 0 Å². The molecule has 0 spiro atoms. The molecule has 0 aromatic carbocycles. The van der Waals surface area contributed by atoms with E-state index in [1.54, 1.807) is 0 Å². The van der Waals surface area contributed by atoms with Gasteiger partial charge in [-0.15, -0.1) is 0 Å². The second kappa shape index (κ2) is 4.44. The normalized spacial score (nSPS) is 11.9. The minimum atomic E-state index is -4.96. The monoisotopic (exact) mass is 275 g/mol. The number of aromatic carboxylic acids is 1. The lowest BCUT2D eigenvalue weighted by Gasteiger charge is -2.12. The molecule has 0 radical (unpaired) electrons. The molecule has 94 valence electrons. The predicted molar refractivity (Wildman–Crippen MR) is 46.2 cm³/mol. The van der Waals surface area contributed by atoms with Crippen LogP contribution in [0.5, 0.6) is 0 Å². The van der Waals surface area contributed by atoms with Crippen LogP contribution in [0.25, 0.3) is 0 Å². The van der Waals surface area contributed by atoms with Crippen LogP contribution in [-0.4, -0.2) is 16.1 Å². The zero-order chi connectivity index (χ0) is 13.4. The fraction of sp³-hybridized carbons (Fsp3) is 0.250. The molecule has 0 saturated heterocycles. The highest BCUT2D eigenvalue weighted by Crippen LogP contribution is 2.38. The Bertz CT molecular complexity index is 460. The zero-order valence-corrected chi connectivity index (χ0v) is 8.48. The van der Waals surface area contributed by atoms with E-state index in [0.29, 0.717) is 0 Å². The van der Waals surface area contributed by atoms with Crippen LogP contribution < -0.4 is 0 Å². The lowest BCUT2D eigenvalue weighted by Crippen LogP contribution is -2.14. The second-order valence-electron chi connectivity index (χ2n) is 2.85. The fourth-order valence-corrected chi connectivity index (χ4v) is 1.40. The number of halogens is 6. The molecule has 0 fully saturated rings. The van der Waals surface area contributed by atoms with Crippen molar-refractivity contribution in [2.45, 2.75) is 12.6 Å². The number of aromatic nitrogens is 1. The van der Waals surface area contributed by atoms with Gasteiger partial charge in [0.2, 0.25) is 0 Å². The summed E-state index contributed by atoms with van der Waals surface area (Å²) in [4.78, 5) is 13.4. The first-order chi connectivity index (χ1) is 7.66. The summed E-state index contributed by atoms with van der Waals surface area (Å²) in [5, 5.41) is 7.26. The highest BCUT2D eigenvalue weighted by Gasteiger charge is 2.37. The van der Waals surface area contributed by atoms with Gasteiger partial charge in [-0.25, -0.2) is 13.6 Å². The van der Waals surface area contributed by atoms with Gasteiger partial charge in [0.1, 0.15) is 11.3 Å². The first-order valence-electron chi connectivity index (χ1n) is 3.93. The Labute approximate surface area is 95.8 Å². The van der Waals surface area contributed by atoms with E-state index >= 15 is 0 Å². The molecule has 1 rings (SSSR count). The largest absolute Gasteiger partial charge is 0.478 e. The molecular weight excluding hydrogens is 273 g/mol. The van der Waals surface area contributed by atoms with E-state index in [9.17, 15) is 26.7 Å². The number of rotatable bonds is 2. The Balaban J connectivity index is 3.56. The molecule has 1 aromatic heterocycles. The maximum Gasteiger partial charge on any atom is 0.419 e. The van der Waals surface area contributed by atoms with Crippen molar-refractivity contribution in [3.8, 4) is 0 Å². The molecule has 1 aromatic rings. The molecule has 9 heteroatoms. The van der Waals surface area contributed by atoms with Crippen molar-refractivity contribution in [3.05, 3.63) is 28.0 Å². The van der Waals surface area contributed by atoms with E-state index in [-0.39, 0.29) is 6.20 Å². The molecule has 0 aliphatic heterocycles. The zero-order valence-electron chi connectivity index (χ0n) is 7.73. The van der Waals surface area contributed by atoms with Crippen molar-refractivity contribution in [1.82, 2.24) is 4.98 Å². The minimum Gasteiger partial charge on any atom is -0.478 e. The first kappa shape index (κ1) is 13.6. The SMILES string of the molecule is O=C(O)c1c(C(F)F)ncc(C(F)(F)F)c1Cl. The topological polar surface area (TPSA) is 50.2 Å². The Morgan fingerprint density at radius 2 is 1.94 bits per heavy atom. The van der Waals surface area contributed by atoms with Crippen LogP contribution in [0.2, 0.25) is 5.02 Å². The lowest BCUT2D eigenvalue weighted by molar-refractivity contribution is -0.137. The van der Waals surface area contributed by atoms with E-state index in [4.69, 9.17) is 16.7 Å². The Morgan fingerprint density at radius 3 is 2.29 bits per heavy atom. The number of carboxylic acids is 1. The molecule has 0 amide bonds. The number of alkyl halides is 5. The minimum absolute atomic E-state index is 0.0796. The van der Waals surface area contributed by atoms with Crippen molar-refractivity contribution in [2.75, 3.05) is 0 Å². The van der Waals surface area contributed by atoms with Crippen LogP contribution in [0.4, 0.5) is 22.0 Å². The molecule has 0 unspecified atom stereocenters. The van der Waals surface area contributed by atoms with Gasteiger partial charge in [0.05, 0.1) is 10.6 Å². The maximum absolute atomic E-state index is 12.3. The number of nitrogens with zero attached hydrogens (tertiary/aromatic N) is 1. The van der Waals surface area contributed by atoms with Gasteiger partial charge < -0.3 is 5.11 Å². The summed E-state index contributed by atoms with van der Waals surface area (Å²) in [5.41, 5.74) is -4.20. The summed E-state index contributed by atoms with van der Waals surface area (Å²) >= 11 is 5.16. The third-order valence-electron chi connectivity index (χ3n) is 1.77. The van der Waals surface area contributed by atoms with Crippen molar-refractivity contribution in [2.24, 2.45) is 0 Å². The molecule has 1 heterocycles. The summed E-state index contributed by atoms with van der Waals surface area (Å²) in [6, 6.07) is 0. The lowest BCUT2D eigenvalue weighted by atomic mass is 10.1. The smallest absolute Gasteiger partial charge is 0.419 e. The summed E-state index contributed by atoms with van der Waals surface area (Å²) in [7, 11) is 0. The average molecular weight is 276 g/mol. The van der Waals surface area contributed by atoms with E-state index in [0.717, 1.165) is 0 Å². The highest BCUT2D eigenvalue weighted by molar-refractivity contribution is 6.34. The average Bonchev–Trinajstić information content (AvgIpc) is 2.13. The van der Waals surface area contributed by atoms with Gasteiger partial charge in [-0.05, 0) is 0 Å². The number of pyridine rings is 1. The number of carboxylic acid groups (broad SMARTS) is 1. The van der Waals surface area contributed by atoms with Crippen LogP contribution >= 0.6 is 11.6 Å². The number of carbonyl (C=O) groups is 1. The Morgan fingerprint density at radius 1 is 1.41 bits per heavy atom. The van der Waals surface area contributed by atoms with Gasteiger partial charge in [0, 0.05) is 6.20 Å². The predicted octanol–water partition coefficient (Wildman–Crippen LogP) is 3.39. The number of hydrogen-bond donors (Lipinski definition) is 1. The van der Waals surface area contributed by atoms with Crippen molar-refractivity contribution >= 4 is 17.6 Å². The quantitative estimate of drug-likeness (QED) is 0.842. The molecule has 3 nitrogen and oxygen atoms in total. The van der Waals surface area contributed by atoms with Crippen LogP contribution in [0.15, 0.2) is 6.20 Å². The van der Waals surface area contributed by atoms with Crippen LogP contribution in [-0.2, 0) is 6.18 Å². The molecule has 17 heavy (non-hydrogen) atoms. The molecule has 0 atom stereocenters. The standard InChI is InChI=1S/C8H3ClF5NO2/c9-4-2(8(12,13)14)1-15-5(6(10)11)3(4)7(16)17/h1,6H,(H,16,17). The molecule has 0 bridgehead atoms. The van der Waals surface area contributed by atoms with E-state index in [1.165, 1.54) is 0 Å². The van der Waals surface area contributed by atoms with Crippen molar-refractivity contribution < 1.29 is 31.9 Å². The van der Waals surface area contributed by atoms with Crippen molar-refractivity contribution in [1.29, 1.82) is 0 Å². The van der Waals surface area contributed by atoms with Gasteiger partial charge in [0.15, 0.2) is 0 Å². The fourth-order valence-electron chi connectivity index (χ4n) is 1.07. The third kappa shape index (κ3) is 2.63. The molecule has 0 saturated carbocycles. The Hall–Kier alpha value is -1.44. The molecule has 1 N–H and O–H groups in total. The third-order valence-corrected chi connectivity index (χ3v) is 2.16. The summed E-state index contributed by atoms with van der Waals surface area (Å²) in [6.07, 6.45) is -8.22. The highest BCUT2D eigenvalue weighted by atomic mass is 35.5. The second-order valence-corrected chi connectivity index (χ2v) is 3.23. The number of hydrogen-bond acceptors (Lipinski definition) is 2. The van der Waals surface area contributed by atoms with Crippen LogP contribution in [0.3, 0.4) is 0 Å². The summed E-state index contributed by atoms with van der Waals surface area (Å²) < 4.78 is 61.6. The van der Waals surface area contributed by atoms with E-state index in [1.807, 2.05) is 0 Å². The molecular formula is C8H3ClF5NO2. The Kier molecular flexibility index (Phi) is 3.56. The summed E-state index contributed by atoms with van der Waals surface area (Å²) in [6.45, 7) is 0. The van der Waals surface area contributed by atoms with Gasteiger partial charge in [-0.2, -0.15) is 13.2 Å². The van der Waals surface area contributed by atoms with Gasteiger partial charge in [-0.1, -0.05) is 11.6 Å². The van der Waals surface area contributed by atoms with Crippen LogP contribution in [0.1, 0.15) is 28.0 Å². The van der Waals surface area contributed by atoms with Gasteiger partial charge >= 0.3 is 12.1 Å². The molecule has 0 aliphatic carbocycles. The molecule has 0 aliphatic rings. The van der Waals surface area contributed by atoms with Gasteiger partial charge in [-0.3, -0.25) is 4.98 Å². The maximum atomic E-state index is 12.3. The van der Waals surface area contributed by atoms with E-state index < -0.39 is 40.4 Å². The van der Waals surface area contributed by atoms with Crippen LogP contribution in [0, 0.1) is 0 Å². The van der Waals surface area contributed by atoms with E-state index in [2.05, 4.69) is 4.98 Å². The summed E-state index contributed by atoms with van der Waals surface area (Å²) in [5.74, 6) is -2.00.